The fraction of sp³-hybridized carbons (Fsp3) is 0.357. The number of aryl methyl sites for hydroxylation is 1. The first kappa shape index (κ1) is 11.9. The van der Waals surface area contributed by atoms with Crippen LogP contribution in [0.5, 0.6) is 0 Å². The summed E-state index contributed by atoms with van der Waals surface area (Å²) >= 11 is 0. The number of aromatic nitrogens is 2. The van der Waals surface area contributed by atoms with Gasteiger partial charge in [0, 0.05) is 17.2 Å². The normalized spacial score (nSPS) is 12.6. The lowest BCUT2D eigenvalue weighted by Crippen LogP contribution is -2.05. The summed E-state index contributed by atoms with van der Waals surface area (Å²) in [6.07, 6.45) is 0.960. The molecule has 1 aromatic carbocycles. The fourth-order valence-electron chi connectivity index (χ4n) is 1.98. The van der Waals surface area contributed by atoms with E-state index in [-0.39, 0.29) is 0 Å². The zero-order valence-electron chi connectivity index (χ0n) is 10.4. The Bertz CT molecular complexity index is 473. The number of nitrogens with two attached hydrogens (primary N) is 1. The van der Waals surface area contributed by atoms with Crippen molar-refractivity contribution in [2.75, 3.05) is 6.54 Å². The van der Waals surface area contributed by atoms with E-state index in [1.54, 1.807) is 0 Å². The van der Waals surface area contributed by atoms with Crippen molar-refractivity contribution in [1.82, 2.24) is 9.97 Å². The summed E-state index contributed by atoms with van der Waals surface area (Å²) in [4.78, 5) is 8.05. The second-order valence-electron chi connectivity index (χ2n) is 4.44. The highest BCUT2D eigenvalue weighted by Crippen LogP contribution is 2.24. The van der Waals surface area contributed by atoms with E-state index in [1.165, 1.54) is 0 Å². The van der Waals surface area contributed by atoms with Gasteiger partial charge in [0.15, 0.2) is 0 Å². The molecule has 1 heterocycles. The molecular formula is C14H19N3. The summed E-state index contributed by atoms with van der Waals surface area (Å²) in [5.41, 5.74) is 8.91. The molecule has 1 atom stereocenters. The number of hydrogen-bond acceptors (Lipinski definition) is 2. The molecule has 3 N–H and O–H groups in total. The van der Waals surface area contributed by atoms with E-state index >= 15 is 0 Å². The van der Waals surface area contributed by atoms with Crippen LogP contribution in [0.1, 0.15) is 30.8 Å². The van der Waals surface area contributed by atoms with Crippen LogP contribution in [-0.2, 0) is 0 Å². The van der Waals surface area contributed by atoms with Crippen LogP contribution in [-0.4, -0.2) is 16.5 Å². The zero-order valence-corrected chi connectivity index (χ0v) is 10.4. The zero-order chi connectivity index (χ0) is 12.3. The number of H-pyrrole nitrogens is 1. The lowest BCUT2D eigenvalue weighted by Gasteiger charge is -2.05. The van der Waals surface area contributed by atoms with Crippen molar-refractivity contribution in [3.05, 3.63) is 41.9 Å². The quantitative estimate of drug-likeness (QED) is 0.847. The van der Waals surface area contributed by atoms with Crippen molar-refractivity contribution in [2.24, 2.45) is 5.73 Å². The molecule has 3 nitrogen and oxygen atoms in total. The summed E-state index contributed by atoms with van der Waals surface area (Å²) in [6.45, 7) is 4.91. The average Bonchev–Trinajstić information content (AvgIpc) is 2.73. The summed E-state index contributed by atoms with van der Waals surface area (Å²) in [5.74, 6) is 1.42. The monoisotopic (exact) mass is 229 g/mol. The van der Waals surface area contributed by atoms with Gasteiger partial charge in [-0.25, -0.2) is 4.98 Å². The van der Waals surface area contributed by atoms with E-state index in [0.717, 1.165) is 29.2 Å². The summed E-state index contributed by atoms with van der Waals surface area (Å²) in [7, 11) is 0. The predicted octanol–water partition coefficient (Wildman–Crippen LogP) is 2.84. The lowest BCUT2D eigenvalue weighted by molar-refractivity contribution is 0.654. The van der Waals surface area contributed by atoms with E-state index in [9.17, 15) is 0 Å². The molecule has 0 fully saturated rings. The Morgan fingerprint density at radius 3 is 2.65 bits per heavy atom. The Morgan fingerprint density at radius 2 is 2.00 bits per heavy atom. The van der Waals surface area contributed by atoms with Gasteiger partial charge in [-0.05, 0) is 19.9 Å². The van der Waals surface area contributed by atoms with Gasteiger partial charge in [0.1, 0.15) is 5.82 Å². The molecule has 0 saturated heterocycles. The minimum atomic E-state index is 0.385. The first-order chi connectivity index (χ1) is 8.22. The lowest BCUT2D eigenvalue weighted by atomic mass is 10.1. The van der Waals surface area contributed by atoms with E-state index in [1.807, 2.05) is 18.2 Å². The number of benzene rings is 1. The number of imidazole rings is 1. The molecule has 0 radical (unpaired) electrons. The Labute approximate surface area is 102 Å². The predicted molar refractivity (Wildman–Crippen MR) is 70.8 cm³/mol. The van der Waals surface area contributed by atoms with Crippen LogP contribution < -0.4 is 5.73 Å². The molecule has 0 spiro atoms. The molecule has 1 aromatic heterocycles. The number of nitrogens with one attached hydrogen (secondary N) is 1. The van der Waals surface area contributed by atoms with Crippen molar-refractivity contribution in [3.8, 4) is 11.3 Å². The first-order valence-corrected chi connectivity index (χ1v) is 6.04. The highest BCUT2D eigenvalue weighted by molar-refractivity contribution is 5.61. The van der Waals surface area contributed by atoms with Crippen molar-refractivity contribution in [3.63, 3.8) is 0 Å². The molecule has 0 amide bonds. The Morgan fingerprint density at radius 1 is 1.29 bits per heavy atom. The molecular weight excluding hydrogens is 210 g/mol. The highest BCUT2D eigenvalue weighted by atomic mass is 14.9. The van der Waals surface area contributed by atoms with Gasteiger partial charge in [-0.1, -0.05) is 37.3 Å². The van der Waals surface area contributed by atoms with Gasteiger partial charge in [0.05, 0.1) is 5.69 Å². The summed E-state index contributed by atoms with van der Waals surface area (Å²) < 4.78 is 0. The topological polar surface area (TPSA) is 54.7 Å². The van der Waals surface area contributed by atoms with Crippen LogP contribution in [0.2, 0.25) is 0 Å². The van der Waals surface area contributed by atoms with Crippen LogP contribution in [0, 0.1) is 6.92 Å². The van der Waals surface area contributed by atoms with Crippen LogP contribution in [0.3, 0.4) is 0 Å². The molecule has 0 aliphatic carbocycles. The molecule has 3 heteroatoms. The third-order valence-electron chi connectivity index (χ3n) is 3.02. The van der Waals surface area contributed by atoms with Gasteiger partial charge < -0.3 is 10.7 Å². The number of nitrogens with zero attached hydrogens (tertiary/aromatic N) is 1. The Balaban J connectivity index is 2.31. The van der Waals surface area contributed by atoms with Gasteiger partial charge in [-0.3, -0.25) is 0 Å². The summed E-state index contributed by atoms with van der Waals surface area (Å²) in [5, 5.41) is 0. The van der Waals surface area contributed by atoms with Gasteiger partial charge in [0.25, 0.3) is 0 Å². The number of aromatic amines is 1. The maximum Gasteiger partial charge on any atom is 0.109 e. The van der Waals surface area contributed by atoms with E-state index in [4.69, 9.17) is 5.73 Å². The molecule has 2 aromatic rings. The van der Waals surface area contributed by atoms with Crippen LogP contribution >= 0.6 is 0 Å². The Hall–Kier alpha value is -1.61. The van der Waals surface area contributed by atoms with E-state index in [0.29, 0.717) is 12.5 Å². The minimum Gasteiger partial charge on any atom is -0.345 e. The van der Waals surface area contributed by atoms with E-state index in [2.05, 4.69) is 35.9 Å². The molecule has 17 heavy (non-hydrogen) atoms. The maximum atomic E-state index is 5.58. The van der Waals surface area contributed by atoms with Crippen molar-refractivity contribution >= 4 is 0 Å². The third kappa shape index (κ3) is 2.56. The molecule has 2 rings (SSSR count). The van der Waals surface area contributed by atoms with Crippen molar-refractivity contribution < 1.29 is 0 Å². The largest absolute Gasteiger partial charge is 0.345 e. The second kappa shape index (κ2) is 5.15. The molecule has 0 aliphatic rings. The van der Waals surface area contributed by atoms with Crippen molar-refractivity contribution in [1.29, 1.82) is 0 Å². The van der Waals surface area contributed by atoms with Gasteiger partial charge in [-0.15, -0.1) is 0 Å². The second-order valence-corrected chi connectivity index (χ2v) is 4.44. The molecule has 0 aliphatic heterocycles. The van der Waals surface area contributed by atoms with Gasteiger partial charge in [0.2, 0.25) is 0 Å². The average molecular weight is 229 g/mol. The van der Waals surface area contributed by atoms with Crippen LogP contribution in [0.4, 0.5) is 0 Å². The van der Waals surface area contributed by atoms with Gasteiger partial charge in [-0.2, -0.15) is 0 Å². The van der Waals surface area contributed by atoms with E-state index < -0.39 is 0 Å². The minimum absolute atomic E-state index is 0.385. The standard InChI is InChI=1S/C14H19N3/c1-10(8-9-15)14-16-11(2)13(17-14)12-6-4-3-5-7-12/h3-7,10H,8-9,15H2,1-2H3,(H,16,17). The maximum absolute atomic E-state index is 5.58. The highest BCUT2D eigenvalue weighted by Gasteiger charge is 2.13. The number of hydrogen-bond donors (Lipinski definition) is 2. The molecule has 90 valence electrons. The number of rotatable bonds is 4. The summed E-state index contributed by atoms with van der Waals surface area (Å²) in [6, 6.07) is 10.3. The van der Waals surface area contributed by atoms with Crippen LogP contribution in [0.25, 0.3) is 11.3 Å². The first-order valence-electron chi connectivity index (χ1n) is 6.04. The van der Waals surface area contributed by atoms with Gasteiger partial charge >= 0.3 is 0 Å². The van der Waals surface area contributed by atoms with Crippen LogP contribution in [0.15, 0.2) is 30.3 Å². The fourth-order valence-corrected chi connectivity index (χ4v) is 1.98. The smallest absolute Gasteiger partial charge is 0.109 e. The molecule has 0 saturated carbocycles. The SMILES string of the molecule is Cc1[nH]c(C(C)CCN)nc1-c1ccccc1. The Kier molecular flexibility index (Phi) is 3.59. The molecule has 0 bridgehead atoms. The molecule has 1 unspecified atom stereocenters. The third-order valence-corrected chi connectivity index (χ3v) is 3.02. The van der Waals surface area contributed by atoms with Crippen molar-refractivity contribution in [2.45, 2.75) is 26.2 Å².